The van der Waals surface area contributed by atoms with Crippen LogP contribution in [0.2, 0.25) is 0 Å². The molecule has 0 unspecified atom stereocenters. The number of benzene rings is 1. The first-order valence-corrected chi connectivity index (χ1v) is 7.96. The average Bonchev–Trinajstić information content (AvgIpc) is 3.07. The highest BCUT2D eigenvalue weighted by molar-refractivity contribution is 7.92. The molecule has 8 heteroatoms. The van der Waals surface area contributed by atoms with Gasteiger partial charge in [-0.3, -0.25) is 14.6 Å². The quantitative estimate of drug-likeness (QED) is 0.769. The number of para-hydroxylation sites is 1. The van der Waals surface area contributed by atoms with E-state index in [0.717, 1.165) is 12.8 Å². The molecule has 0 spiro atoms. The van der Waals surface area contributed by atoms with Crippen molar-refractivity contribution in [1.82, 2.24) is 15.5 Å². The fraction of sp³-hybridized carbons (Fsp3) is 0.231. The highest BCUT2D eigenvalue weighted by atomic mass is 32.2. The number of sulfonamides is 1. The molecule has 0 radical (unpaired) electrons. The van der Waals surface area contributed by atoms with Crippen molar-refractivity contribution in [2.24, 2.45) is 0 Å². The third-order valence-corrected chi connectivity index (χ3v) is 4.44. The highest BCUT2D eigenvalue weighted by Crippen LogP contribution is 2.23. The minimum absolute atomic E-state index is 0.0138. The smallest absolute Gasteiger partial charge is 0.265 e. The monoisotopic (exact) mass is 306 g/mol. The molecule has 1 fully saturated rings. The van der Waals surface area contributed by atoms with Crippen molar-refractivity contribution >= 4 is 21.6 Å². The molecule has 1 aliphatic rings. The van der Waals surface area contributed by atoms with Crippen molar-refractivity contribution in [1.29, 1.82) is 0 Å². The standard InChI is InChI=1S/C13H14N4O3S/c18-13(16-9-5-6-9)11-3-1-2-4-12(11)17-21(19,20)10-7-14-15-8-10/h1-4,7-9,17H,5-6H2,(H,14,15)(H,16,18). The Bertz CT molecular complexity index is 751. The Morgan fingerprint density at radius 2 is 2.05 bits per heavy atom. The molecule has 1 aromatic heterocycles. The molecular formula is C13H14N4O3S. The lowest BCUT2D eigenvalue weighted by atomic mass is 10.1. The van der Waals surface area contributed by atoms with E-state index in [1.54, 1.807) is 24.3 Å². The Morgan fingerprint density at radius 3 is 2.71 bits per heavy atom. The van der Waals surface area contributed by atoms with Crippen LogP contribution in [-0.4, -0.2) is 30.6 Å². The molecule has 0 atom stereocenters. The molecule has 0 bridgehead atoms. The molecule has 1 amide bonds. The lowest BCUT2D eigenvalue weighted by Gasteiger charge is -2.11. The summed E-state index contributed by atoms with van der Waals surface area (Å²) in [6.07, 6.45) is 4.41. The molecular weight excluding hydrogens is 292 g/mol. The molecule has 21 heavy (non-hydrogen) atoms. The number of hydrogen-bond donors (Lipinski definition) is 3. The highest BCUT2D eigenvalue weighted by Gasteiger charge is 2.25. The normalized spacial score (nSPS) is 14.7. The van der Waals surface area contributed by atoms with E-state index >= 15 is 0 Å². The summed E-state index contributed by atoms with van der Waals surface area (Å²) in [6, 6.07) is 6.71. The molecule has 1 aromatic carbocycles. The number of carbonyl (C=O) groups excluding carboxylic acids is 1. The van der Waals surface area contributed by atoms with Gasteiger partial charge in [0, 0.05) is 12.2 Å². The summed E-state index contributed by atoms with van der Waals surface area (Å²) < 4.78 is 26.8. The first-order valence-electron chi connectivity index (χ1n) is 6.48. The van der Waals surface area contributed by atoms with Crippen LogP contribution < -0.4 is 10.0 Å². The maximum absolute atomic E-state index is 12.2. The average molecular weight is 306 g/mol. The Labute approximate surface area is 121 Å². The van der Waals surface area contributed by atoms with Crippen LogP contribution in [0.5, 0.6) is 0 Å². The van der Waals surface area contributed by atoms with Gasteiger partial charge in [0.1, 0.15) is 4.90 Å². The second-order valence-corrected chi connectivity index (χ2v) is 6.52. The number of nitrogens with one attached hydrogen (secondary N) is 3. The van der Waals surface area contributed by atoms with Gasteiger partial charge in [-0.15, -0.1) is 0 Å². The van der Waals surface area contributed by atoms with Gasteiger partial charge in [-0.05, 0) is 25.0 Å². The van der Waals surface area contributed by atoms with Gasteiger partial charge in [-0.1, -0.05) is 12.1 Å². The van der Waals surface area contributed by atoms with Crippen molar-refractivity contribution in [3.05, 3.63) is 42.2 Å². The van der Waals surface area contributed by atoms with Crippen LogP contribution >= 0.6 is 0 Å². The Balaban J connectivity index is 1.87. The van der Waals surface area contributed by atoms with Crippen LogP contribution in [0.1, 0.15) is 23.2 Å². The zero-order valence-corrected chi connectivity index (χ0v) is 11.9. The van der Waals surface area contributed by atoms with Crippen LogP contribution in [0, 0.1) is 0 Å². The predicted molar refractivity (Wildman–Crippen MR) is 76.3 cm³/mol. The number of hydrogen-bond acceptors (Lipinski definition) is 4. The SMILES string of the molecule is O=C(NC1CC1)c1ccccc1NS(=O)(=O)c1cn[nH]c1. The third-order valence-electron chi connectivity index (χ3n) is 3.11. The van der Waals surface area contributed by atoms with Gasteiger partial charge in [0.25, 0.3) is 15.9 Å². The summed E-state index contributed by atoms with van der Waals surface area (Å²) in [4.78, 5) is 12.1. The third kappa shape index (κ3) is 3.05. The molecule has 7 nitrogen and oxygen atoms in total. The fourth-order valence-electron chi connectivity index (χ4n) is 1.85. The van der Waals surface area contributed by atoms with E-state index in [1.807, 2.05) is 0 Å². The van der Waals surface area contributed by atoms with E-state index in [4.69, 9.17) is 0 Å². The van der Waals surface area contributed by atoms with Crippen LogP contribution in [0.4, 0.5) is 5.69 Å². The van der Waals surface area contributed by atoms with Crippen molar-refractivity contribution in [3.63, 3.8) is 0 Å². The Kier molecular flexibility index (Phi) is 3.38. The Morgan fingerprint density at radius 1 is 1.29 bits per heavy atom. The zero-order chi connectivity index (χ0) is 14.9. The fourth-order valence-corrected chi connectivity index (χ4v) is 2.84. The van der Waals surface area contributed by atoms with E-state index in [-0.39, 0.29) is 22.5 Å². The van der Waals surface area contributed by atoms with Gasteiger partial charge in [0.2, 0.25) is 0 Å². The minimum atomic E-state index is -3.76. The molecule has 3 rings (SSSR count). The first-order chi connectivity index (χ1) is 10.1. The lowest BCUT2D eigenvalue weighted by molar-refractivity contribution is 0.0952. The molecule has 110 valence electrons. The topological polar surface area (TPSA) is 104 Å². The molecule has 0 aliphatic heterocycles. The lowest BCUT2D eigenvalue weighted by Crippen LogP contribution is -2.27. The van der Waals surface area contributed by atoms with Gasteiger partial charge in [-0.2, -0.15) is 5.10 Å². The number of H-pyrrole nitrogens is 1. The summed E-state index contributed by atoms with van der Waals surface area (Å²) in [5, 5.41) is 8.90. The largest absolute Gasteiger partial charge is 0.349 e. The molecule has 1 saturated carbocycles. The van der Waals surface area contributed by atoms with Crippen molar-refractivity contribution in [3.8, 4) is 0 Å². The van der Waals surface area contributed by atoms with Crippen LogP contribution in [0.15, 0.2) is 41.6 Å². The second kappa shape index (κ2) is 5.21. The zero-order valence-electron chi connectivity index (χ0n) is 11.0. The number of amides is 1. The van der Waals surface area contributed by atoms with Crippen LogP contribution in [-0.2, 0) is 10.0 Å². The summed E-state index contributed by atoms with van der Waals surface area (Å²) >= 11 is 0. The van der Waals surface area contributed by atoms with Gasteiger partial charge in [-0.25, -0.2) is 8.42 Å². The minimum Gasteiger partial charge on any atom is -0.349 e. The van der Waals surface area contributed by atoms with Gasteiger partial charge < -0.3 is 5.32 Å². The summed E-state index contributed by atoms with van der Waals surface area (Å²) in [6.45, 7) is 0. The van der Waals surface area contributed by atoms with E-state index < -0.39 is 10.0 Å². The van der Waals surface area contributed by atoms with E-state index in [2.05, 4.69) is 20.2 Å². The summed E-state index contributed by atoms with van der Waals surface area (Å²) in [7, 11) is -3.76. The number of aromatic nitrogens is 2. The first kappa shape index (κ1) is 13.6. The summed E-state index contributed by atoms with van der Waals surface area (Å²) in [5.74, 6) is -0.275. The number of aromatic amines is 1. The Hall–Kier alpha value is -2.35. The van der Waals surface area contributed by atoms with Crippen molar-refractivity contribution in [2.45, 2.75) is 23.8 Å². The van der Waals surface area contributed by atoms with Gasteiger partial charge in [0.15, 0.2) is 0 Å². The predicted octanol–water partition coefficient (Wildman–Crippen LogP) is 1.10. The second-order valence-electron chi connectivity index (χ2n) is 4.83. The van der Waals surface area contributed by atoms with Gasteiger partial charge in [0.05, 0.1) is 17.4 Å². The van der Waals surface area contributed by atoms with Crippen LogP contribution in [0.25, 0.3) is 0 Å². The number of rotatable bonds is 5. The molecule has 3 N–H and O–H groups in total. The van der Waals surface area contributed by atoms with Crippen molar-refractivity contribution in [2.75, 3.05) is 4.72 Å². The number of anilines is 1. The molecule has 0 saturated heterocycles. The molecule has 2 aromatic rings. The van der Waals surface area contributed by atoms with Crippen molar-refractivity contribution < 1.29 is 13.2 Å². The molecule has 1 heterocycles. The van der Waals surface area contributed by atoms with Gasteiger partial charge >= 0.3 is 0 Å². The van der Waals surface area contributed by atoms with Crippen LogP contribution in [0.3, 0.4) is 0 Å². The molecule has 1 aliphatic carbocycles. The number of nitrogens with zero attached hydrogens (tertiary/aromatic N) is 1. The number of carbonyl (C=O) groups is 1. The van der Waals surface area contributed by atoms with E-state index in [1.165, 1.54) is 12.4 Å². The maximum Gasteiger partial charge on any atom is 0.265 e. The van der Waals surface area contributed by atoms with E-state index in [9.17, 15) is 13.2 Å². The maximum atomic E-state index is 12.2. The summed E-state index contributed by atoms with van der Waals surface area (Å²) in [5.41, 5.74) is 0.549. The van der Waals surface area contributed by atoms with E-state index in [0.29, 0.717) is 5.56 Å².